The molecule has 2 aromatic carbocycles. The maximum absolute atomic E-state index is 12.2. The Morgan fingerprint density at radius 3 is 1.70 bits per heavy atom. The number of carbonyl (C=O) groups excluding carboxylic acids is 1. The lowest BCUT2D eigenvalue weighted by atomic mass is 10.0. The molecule has 2 aromatic rings. The predicted molar refractivity (Wildman–Crippen MR) is 120 cm³/mol. The molecule has 30 heavy (non-hydrogen) atoms. The average Bonchev–Trinajstić information content (AvgIpc) is 3.37. The van der Waals surface area contributed by atoms with E-state index in [4.69, 9.17) is 9.47 Å². The predicted octanol–water partition coefficient (Wildman–Crippen LogP) is 4.36. The Balaban J connectivity index is 1.21. The summed E-state index contributed by atoms with van der Waals surface area (Å²) in [7, 11) is 3.37. The zero-order valence-electron chi connectivity index (χ0n) is 17.6. The molecule has 2 amide bonds. The maximum atomic E-state index is 12.2. The van der Waals surface area contributed by atoms with Crippen molar-refractivity contribution in [2.75, 3.05) is 27.3 Å². The third kappa shape index (κ3) is 4.35. The highest BCUT2D eigenvalue weighted by Gasteiger charge is 2.16. The van der Waals surface area contributed by atoms with Crippen molar-refractivity contribution in [3.63, 3.8) is 0 Å². The molecule has 0 aliphatic heterocycles. The number of carbonyl (C=O) groups is 1. The molecular formula is C25H28N2O3. The highest BCUT2D eigenvalue weighted by molar-refractivity contribution is 5.77. The summed E-state index contributed by atoms with van der Waals surface area (Å²) in [6.07, 6.45) is 7.99. The summed E-state index contributed by atoms with van der Waals surface area (Å²) in [5, 5.41) is 5.94. The third-order valence-corrected chi connectivity index (χ3v) is 5.82. The van der Waals surface area contributed by atoms with Gasteiger partial charge in [-0.25, -0.2) is 4.79 Å². The maximum Gasteiger partial charge on any atom is 0.314 e. The van der Waals surface area contributed by atoms with Crippen molar-refractivity contribution in [3.05, 3.63) is 70.8 Å². The zero-order chi connectivity index (χ0) is 20.9. The van der Waals surface area contributed by atoms with E-state index in [1.165, 1.54) is 33.4 Å². The molecule has 156 valence electrons. The van der Waals surface area contributed by atoms with Crippen LogP contribution >= 0.6 is 0 Å². The summed E-state index contributed by atoms with van der Waals surface area (Å²) >= 11 is 0. The van der Waals surface area contributed by atoms with Gasteiger partial charge in [-0.05, 0) is 83.3 Å². The van der Waals surface area contributed by atoms with E-state index < -0.39 is 0 Å². The molecule has 0 atom stereocenters. The van der Waals surface area contributed by atoms with Crippen LogP contribution in [0.3, 0.4) is 0 Å². The van der Waals surface area contributed by atoms with Gasteiger partial charge in [0.1, 0.15) is 11.5 Å². The minimum Gasteiger partial charge on any atom is -0.497 e. The van der Waals surface area contributed by atoms with Crippen molar-refractivity contribution >= 4 is 17.2 Å². The number of fused-ring (bicyclic) bond motifs is 2. The van der Waals surface area contributed by atoms with E-state index in [-0.39, 0.29) is 6.03 Å². The number of nitrogens with one attached hydrogen (secondary N) is 2. The van der Waals surface area contributed by atoms with Gasteiger partial charge in [0.2, 0.25) is 0 Å². The Bertz CT molecular complexity index is 928. The lowest BCUT2D eigenvalue weighted by molar-refractivity contribution is 0.241. The Kier molecular flexibility index (Phi) is 6.07. The van der Waals surface area contributed by atoms with Crippen molar-refractivity contribution in [3.8, 4) is 11.5 Å². The standard InChI is InChI=1S/C25H28N2O3/c1-29-21-9-7-17-3-5-19(23(17)15-21)11-13-26-25(28)27-14-12-20-6-4-18-8-10-22(30-2)16-24(18)20/h5-10,15-16H,3-4,11-14H2,1-2H3,(H2,26,27,28). The van der Waals surface area contributed by atoms with Crippen molar-refractivity contribution in [1.29, 1.82) is 0 Å². The minimum atomic E-state index is -0.121. The molecule has 0 saturated carbocycles. The highest BCUT2D eigenvalue weighted by atomic mass is 16.5. The van der Waals surface area contributed by atoms with E-state index in [1.807, 2.05) is 12.1 Å². The van der Waals surface area contributed by atoms with Gasteiger partial charge in [-0.1, -0.05) is 24.3 Å². The first kappa shape index (κ1) is 20.1. The number of benzene rings is 2. The van der Waals surface area contributed by atoms with Gasteiger partial charge in [0.05, 0.1) is 14.2 Å². The van der Waals surface area contributed by atoms with Crippen molar-refractivity contribution < 1.29 is 14.3 Å². The number of methoxy groups -OCH3 is 2. The summed E-state index contributed by atoms with van der Waals surface area (Å²) in [6, 6.07) is 12.3. The number of amides is 2. The number of hydrogen-bond acceptors (Lipinski definition) is 3. The van der Waals surface area contributed by atoms with Gasteiger partial charge in [-0.2, -0.15) is 0 Å². The first-order valence-corrected chi connectivity index (χ1v) is 10.4. The molecule has 5 heteroatoms. The Morgan fingerprint density at radius 1 is 0.800 bits per heavy atom. The first-order chi connectivity index (χ1) is 14.7. The second-order valence-corrected chi connectivity index (χ2v) is 7.60. The third-order valence-electron chi connectivity index (χ3n) is 5.82. The smallest absolute Gasteiger partial charge is 0.314 e. The highest BCUT2D eigenvalue weighted by Crippen LogP contribution is 2.33. The first-order valence-electron chi connectivity index (χ1n) is 10.4. The zero-order valence-corrected chi connectivity index (χ0v) is 17.6. The lowest BCUT2D eigenvalue weighted by Crippen LogP contribution is -2.36. The second-order valence-electron chi connectivity index (χ2n) is 7.60. The van der Waals surface area contributed by atoms with Crippen LogP contribution in [0, 0.1) is 0 Å². The number of allylic oxidation sites excluding steroid dienone is 2. The van der Waals surface area contributed by atoms with Crippen LogP contribution in [0.4, 0.5) is 4.79 Å². The normalized spacial score (nSPS) is 13.8. The van der Waals surface area contributed by atoms with Gasteiger partial charge in [0.25, 0.3) is 0 Å². The fourth-order valence-electron chi connectivity index (χ4n) is 4.16. The molecular weight excluding hydrogens is 376 g/mol. The van der Waals surface area contributed by atoms with Gasteiger partial charge in [0.15, 0.2) is 0 Å². The molecule has 2 aliphatic carbocycles. The quantitative estimate of drug-likeness (QED) is 0.687. The van der Waals surface area contributed by atoms with Crippen LogP contribution in [0.5, 0.6) is 11.5 Å². The topological polar surface area (TPSA) is 59.6 Å². The molecule has 0 unspecified atom stereocenters. The van der Waals surface area contributed by atoms with Gasteiger partial charge >= 0.3 is 6.03 Å². The SMILES string of the molecule is COc1ccc2c(c1)C(CCNC(=O)NCCC1=CCc3ccc(OC)cc31)=CC2. The molecule has 0 spiro atoms. The minimum absolute atomic E-state index is 0.121. The molecule has 5 nitrogen and oxygen atoms in total. The number of ether oxygens (including phenoxy) is 2. The van der Waals surface area contributed by atoms with E-state index in [0.29, 0.717) is 13.1 Å². The molecule has 0 aromatic heterocycles. The number of hydrogen-bond donors (Lipinski definition) is 2. The fraction of sp³-hybridized carbons (Fsp3) is 0.320. The molecule has 2 aliphatic rings. The molecule has 0 bridgehead atoms. The van der Waals surface area contributed by atoms with Gasteiger partial charge in [0, 0.05) is 13.1 Å². The molecule has 0 radical (unpaired) electrons. The van der Waals surface area contributed by atoms with Crippen molar-refractivity contribution in [1.82, 2.24) is 10.6 Å². The van der Waals surface area contributed by atoms with Crippen molar-refractivity contribution in [2.45, 2.75) is 25.7 Å². The fourth-order valence-corrected chi connectivity index (χ4v) is 4.16. The number of urea groups is 1. The van der Waals surface area contributed by atoms with Crippen LogP contribution in [0.25, 0.3) is 11.1 Å². The van der Waals surface area contributed by atoms with Gasteiger partial charge < -0.3 is 20.1 Å². The molecule has 2 N–H and O–H groups in total. The van der Waals surface area contributed by atoms with Crippen LogP contribution in [0.15, 0.2) is 48.6 Å². The average molecular weight is 405 g/mol. The molecule has 4 rings (SSSR count). The van der Waals surface area contributed by atoms with Crippen LogP contribution in [-0.4, -0.2) is 33.3 Å². The van der Waals surface area contributed by atoms with Gasteiger partial charge in [-0.15, -0.1) is 0 Å². The largest absolute Gasteiger partial charge is 0.497 e. The summed E-state index contributed by atoms with van der Waals surface area (Å²) in [5.41, 5.74) is 7.64. The van der Waals surface area contributed by atoms with Crippen LogP contribution in [0.2, 0.25) is 0 Å². The number of rotatable bonds is 8. The van der Waals surface area contributed by atoms with E-state index in [9.17, 15) is 4.79 Å². The lowest BCUT2D eigenvalue weighted by Gasteiger charge is -2.11. The monoisotopic (exact) mass is 404 g/mol. The Hall–Kier alpha value is -3.21. The van der Waals surface area contributed by atoms with Crippen LogP contribution in [0.1, 0.15) is 35.1 Å². The van der Waals surface area contributed by atoms with Crippen LogP contribution in [-0.2, 0) is 12.8 Å². The van der Waals surface area contributed by atoms with Crippen molar-refractivity contribution in [2.24, 2.45) is 0 Å². The van der Waals surface area contributed by atoms with Gasteiger partial charge in [-0.3, -0.25) is 0 Å². The van der Waals surface area contributed by atoms with E-state index in [0.717, 1.165) is 37.2 Å². The summed E-state index contributed by atoms with van der Waals surface area (Å²) in [5.74, 6) is 1.74. The second kappa shape index (κ2) is 9.08. The van der Waals surface area contributed by atoms with Crippen LogP contribution < -0.4 is 20.1 Å². The summed E-state index contributed by atoms with van der Waals surface area (Å²) in [6.45, 7) is 1.22. The van der Waals surface area contributed by atoms with E-state index in [1.54, 1.807) is 14.2 Å². The molecule has 0 heterocycles. The molecule has 0 fully saturated rings. The molecule has 0 saturated heterocycles. The van der Waals surface area contributed by atoms with E-state index >= 15 is 0 Å². The Labute approximate surface area is 177 Å². The summed E-state index contributed by atoms with van der Waals surface area (Å²) < 4.78 is 10.7. The Morgan fingerprint density at radius 2 is 1.27 bits per heavy atom. The van der Waals surface area contributed by atoms with E-state index in [2.05, 4.69) is 47.1 Å². The summed E-state index contributed by atoms with van der Waals surface area (Å²) in [4.78, 5) is 12.2.